The molecule has 4 heteroatoms. The van der Waals surface area contributed by atoms with Crippen molar-refractivity contribution < 1.29 is 14.3 Å². The number of anilines is 1. The van der Waals surface area contributed by atoms with Crippen molar-refractivity contribution in [3.8, 4) is 5.75 Å². The van der Waals surface area contributed by atoms with Crippen LogP contribution < -0.4 is 9.64 Å². The molecule has 1 aliphatic heterocycles. The van der Waals surface area contributed by atoms with Gasteiger partial charge in [-0.2, -0.15) is 0 Å². The first-order valence-corrected chi connectivity index (χ1v) is 6.38. The molecule has 0 unspecified atom stereocenters. The van der Waals surface area contributed by atoms with Gasteiger partial charge in [0.2, 0.25) is 5.91 Å². The molecule has 0 bridgehead atoms. The van der Waals surface area contributed by atoms with Crippen LogP contribution in [0.25, 0.3) is 0 Å². The van der Waals surface area contributed by atoms with E-state index >= 15 is 0 Å². The number of amides is 1. The predicted molar refractivity (Wildman–Crippen MR) is 73.7 cm³/mol. The maximum atomic E-state index is 12.4. The topological polar surface area (TPSA) is 46.6 Å². The summed E-state index contributed by atoms with van der Waals surface area (Å²) in [6.45, 7) is 6.10. The number of Topliss-reactive ketones (excluding diaryl/α,β-unsaturated/α-hetero) is 1. The minimum absolute atomic E-state index is 0.0337. The number of nitrogens with zero attached hydrogens (tertiary/aromatic N) is 1. The Hall–Kier alpha value is -1.84. The number of ketones is 1. The maximum Gasteiger partial charge on any atom is 0.232 e. The van der Waals surface area contributed by atoms with Crippen LogP contribution in [-0.4, -0.2) is 25.3 Å². The van der Waals surface area contributed by atoms with Crippen molar-refractivity contribution >= 4 is 17.4 Å². The van der Waals surface area contributed by atoms with Gasteiger partial charge < -0.3 is 9.64 Å². The van der Waals surface area contributed by atoms with Gasteiger partial charge in [-0.25, -0.2) is 0 Å². The summed E-state index contributed by atoms with van der Waals surface area (Å²) in [5, 5.41) is 0. The number of hydrogen-bond acceptors (Lipinski definition) is 3. The Morgan fingerprint density at radius 1 is 1.32 bits per heavy atom. The monoisotopic (exact) mass is 261 g/mol. The minimum atomic E-state index is -0.461. The molecule has 0 radical (unpaired) electrons. The largest absolute Gasteiger partial charge is 0.497 e. The fourth-order valence-electron chi connectivity index (χ4n) is 2.19. The van der Waals surface area contributed by atoms with E-state index in [1.807, 2.05) is 20.8 Å². The van der Waals surface area contributed by atoms with Crippen molar-refractivity contribution in [2.24, 2.45) is 5.41 Å². The molecule has 0 N–H and O–H groups in total. The molecular formula is C15H19NO3. The van der Waals surface area contributed by atoms with E-state index in [2.05, 4.69) is 0 Å². The molecule has 1 aliphatic rings. The quantitative estimate of drug-likeness (QED) is 0.780. The zero-order chi connectivity index (χ0) is 14.2. The lowest BCUT2D eigenvalue weighted by molar-refractivity contribution is -0.125. The molecule has 1 aromatic rings. The van der Waals surface area contributed by atoms with Crippen molar-refractivity contribution in [1.29, 1.82) is 0 Å². The first kappa shape index (κ1) is 13.6. The van der Waals surface area contributed by atoms with E-state index in [-0.39, 0.29) is 11.7 Å². The molecule has 0 aromatic heterocycles. The zero-order valence-electron chi connectivity index (χ0n) is 11.8. The molecular weight excluding hydrogens is 242 g/mol. The van der Waals surface area contributed by atoms with Crippen LogP contribution in [0.15, 0.2) is 18.2 Å². The summed E-state index contributed by atoms with van der Waals surface area (Å²) in [6, 6.07) is 5.27. The molecule has 0 saturated heterocycles. The highest BCUT2D eigenvalue weighted by Gasteiger charge is 2.33. The smallest absolute Gasteiger partial charge is 0.232 e. The number of fused-ring (bicyclic) bond motifs is 1. The Balaban J connectivity index is 2.46. The highest BCUT2D eigenvalue weighted by Crippen LogP contribution is 2.33. The molecule has 1 heterocycles. The molecule has 0 atom stereocenters. The fourth-order valence-corrected chi connectivity index (χ4v) is 2.19. The summed E-state index contributed by atoms with van der Waals surface area (Å²) < 4.78 is 5.14. The molecule has 2 rings (SSSR count). The van der Waals surface area contributed by atoms with Crippen LogP contribution in [0.2, 0.25) is 0 Å². The number of benzene rings is 1. The second kappa shape index (κ2) is 4.68. The number of hydrogen-bond donors (Lipinski definition) is 0. The lowest BCUT2D eigenvalue weighted by Gasteiger charge is -2.33. The summed E-state index contributed by atoms with van der Waals surface area (Å²) in [5.41, 5.74) is 0.803. The van der Waals surface area contributed by atoms with Crippen LogP contribution in [0.1, 0.15) is 37.6 Å². The van der Waals surface area contributed by atoms with Crippen LogP contribution in [0.3, 0.4) is 0 Å². The molecule has 102 valence electrons. The number of methoxy groups -OCH3 is 1. The van der Waals surface area contributed by atoms with Crippen LogP contribution in [-0.2, 0) is 4.79 Å². The van der Waals surface area contributed by atoms with Gasteiger partial charge in [-0.15, -0.1) is 0 Å². The molecule has 1 amide bonds. The Morgan fingerprint density at radius 3 is 2.58 bits per heavy atom. The van der Waals surface area contributed by atoms with Crippen LogP contribution >= 0.6 is 0 Å². The number of rotatable bonds is 1. The van der Waals surface area contributed by atoms with Crippen LogP contribution in [0, 0.1) is 5.41 Å². The van der Waals surface area contributed by atoms with Gasteiger partial charge in [0.15, 0.2) is 5.78 Å². The number of carbonyl (C=O) groups is 2. The fraction of sp³-hybridized carbons (Fsp3) is 0.467. The van der Waals surface area contributed by atoms with Gasteiger partial charge in [-0.05, 0) is 18.2 Å². The van der Waals surface area contributed by atoms with Crippen molar-refractivity contribution in [1.82, 2.24) is 0 Å². The SMILES string of the molecule is COc1ccc2c(c1)C(=O)CCN2C(=O)C(C)(C)C. The van der Waals surface area contributed by atoms with Crippen molar-refractivity contribution in [3.05, 3.63) is 23.8 Å². The summed E-state index contributed by atoms with van der Waals surface area (Å²) >= 11 is 0. The highest BCUT2D eigenvalue weighted by atomic mass is 16.5. The van der Waals surface area contributed by atoms with Crippen molar-refractivity contribution in [2.45, 2.75) is 27.2 Å². The minimum Gasteiger partial charge on any atom is -0.497 e. The summed E-state index contributed by atoms with van der Waals surface area (Å²) in [7, 11) is 1.56. The molecule has 19 heavy (non-hydrogen) atoms. The molecule has 1 aromatic carbocycles. The lowest BCUT2D eigenvalue weighted by atomic mass is 9.91. The van der Waals surface area contributed by atoms with E-state index in [0.29, 0.717) is 30.0 Å². The average Bonchev–Trinajstić information content (AvgIpc) is 2.37. The van der Waals surface area contributed by atoms with Crippen LogP contribution in [0.5, 0.6) is 5.75 Å². The third-order valence-electron chi connectivity index (χ3n) is 3.24. The van der Waals surface area contributed by atoms with E-state index in [1.54, 1.807) is 30.2 Å². The normalized spacial score (nSPS) is 15.2. The van der Waals surface area contributed by atoms with E-state index in [1.165, 1.54) is 0 Å². The standard InChI is InChI=1S/C15H19NO3/c1-15(2,3)14(18)16-8-7-13(17)11-9-10(19-4)5-6-12(11)16/h5-6,9H,7-8H2,1-4H3. The van der Waals surface area contributed by atoms with Crippen LogP contribution in [0.4, 0.5) is 5.69 Å². The van der Waals surface area contributed by atoms with Gasteiger partial charge in [-0.1, -0.05) is 20.8 Å². The number of carbonyl (C=O) groups excluding carboxylic acids is 2. The molecule has 0 spiro atoms. The van der Waals surface area contributed by atoms with Gasteiger partial charge >= 0.3 is 0 Å². The second-order valence-corrected chi connectivity index (χ2v) is 5.76. The Morgan fingerprint density at radius 2 is 2.00 bits per heavy atom. The van der Waals surface area contributed by atoms with Gasteiger partial charge in [0.25, 0.3) is 0 Å². The van der Waals surface area contributed by atoms with E-state index in [4.69, 9.17) is 4.74 Å². The number of ether oxygens (including phenoxy) is 1. The molecule has 4 nitrogen and oxygen atoms in total. The molecule has 0 saturated carbocycles. The maximum absolute atomic E-state index is 12.4. The first-order chi connectivity index (χ1) is 8.84. The highest BCUT2D eigenvalue weighted by molar-refractivity contribution is 6.10. The summed E-state index contributed by atoms with van der Waals surface area (Å²) in [5.74, 6) is 0.732. The predicted octanol–water partition coefficient (Wildman–Crippen LogP) is 2.66. The van der Waals surface area contributed by atoms with Gasteiger partial charge in [-0.3, -0.25) is 9.59 Å². The Labute approximate surface area is 113 Å². The summed E-state index contributed by atoms with van der Waals surface area (Å²) in [4.78, 5) is 26.1. The Kier molecular flexibility index (Phi) is 3.35. The summed E-state index contributed by atoms with van der Waals surface area (Å²) in [6.07, 6.45) is 0.363. The Bertz CT molecular complexity index is 529. The van der Waals surface area contributed by atoms with E-state index in [0.717, 1.165) is 0 Å². The van der Waals surface area contributed by atoms with Gasteiger partial charge in [0.1, 0.15) is 5.75 Å². The lowest BCUT2D eigenvalue weighted by Crippen LogP contribution is -2.43. The molecule has 0 fully saturated rings. The van der Waals surface area contributed by atoms with E-state index < -0.39 is 5.41 Å². The second-order valence-electron chi connectivity index (χ2n) is 5.76. The van der Waals surface area contributed by atoms with E-state index in [9.17, 15) is 9.59 Å². The zero-order valence-corrected chi connectivity index (χ0v) is 11.8. The van der Waals surface area contributed by atoms with Gasteiger partial charge in [0, 0.05) is 23.9 Å². The third-order valence-corrected chi connectivity index (χ3v) is 3.24. The average molecular weight is 261 g/mol. The van der Waals surface area contributed by atoms with Crippen molar-refractivity contribution in [2.75, 3.05) is 18.6 Å². The first-order valence-electron chi connectivity index (χ1n) is 6.38. The molecule has 0 aliphatic carbocycles. The van der Waals surface area contributed by atoms with Crippen molar-refractivity contribution in [3.63, 3.8) is 0 Å². The third kappa shape index (κ3) is 2.48. The van der Waals surface area contributed by atoms with Gasteiger partial charge in [0.05, 0.1) is 12.8 Å².